The Morgan fingerprint density at radius 3 is 2.93 bits per heavy atom. The SMILES string of the molecule is COc1cc(Cl)ccc1-c1cc(COC(=O)Nc2ccc3ncoc3c2)n(C)n1. The van der Waals surface area contributed by atoms with E-state index in [9.17, 15) is 4.79 Å². The van der Waals surface area contributed by atoms with Crippen LogP contribution in [0, 0.1) is 0 Å². The number of rotatable bonds is 5. The molecule has 4 rings (SSSR count). The monoisotopic (exact) mass is 412 g/mol. The van der Waals surface area contributed by atoms with Gasteiger partial charge in [-0.15, -0.1) is 0 Å². The van der Waals surface area contributed by atoms with E-state index in [0.717, 1.165) is 11.3 Å². The van der Waals surface area contributed by atoms with Crippen LogP contribution in [0.15, 0.2) is 53.3 Å². The van der Waals surface area contributed by atoms with Crippen LogP contribution in [0.25, 0.3) is 22.4 Å². The number of benzene rings is 2. The largest absolute Gasteiger partial charge is 0.496 e. The molecule has 1 N–H and O–H groups in total. The van der Waals surface area contributed by atoms with E-state index in [-0.39, 0.29) is 6.61 Å². The van der Waals surface area contributed by atoms with Crippen LogP contribution in [0.5, 0.6) is 5.75 Å². The molecule has 0 bridgehead atoms. The van der Waals surface area contributed by atoms with Crippen molar-refractivity contribution in [1.29, 1.82) is 0 Å². The zero-order valence-electron chi connectivity index (χ0n) is 15.7. The number of fused-ring (bicyclic) bond motifs is 1. The zero-order chi connectivity index (χ0) is 20.4. The van der Waals surface area contributed by atoms with Crippen molar-refractivity contribution in [2.75, 3.05) is 12.4 Å². The maximum absolute atomic E-state index is 12.1. The number of methoxy groups -OCH3 is 1. The molecule has 0 aliphatic carbocycles. The Kier molecular flexibility index (Phi) is 5.09. The minimum atomic E-state index is -0.587. The molecule has 0 saturated heterocycles. The first-order valence-electron chi connectivity index (χ1n) is 8.67. The van der Waals surface area contributed by atoms with Gasteiger partial charge in [0.1, 0.15) is 17.9 Å². The maximum Gasteiger partial charge on any atom is 0.412 e. The number of hydrogen-bond donors (Lipinski definition) is 1. The first-order chi connectivity index (χ1) is 14.0. The van der Waals surface area contributed by atoms with E-state index < -0.39 is 6.09 Å². The van der Waals surface area contributed by atoms with Gasteiger partial charge in [-0.1, -0.05) is 11.6 Å². The molecule has 0 radical (unpaired) electrons. The third kappa shape index (κ3) is 4.02. The number of hydrogen-bond acceptors (Lipinski definition) is 6. The molecule has 0 aliphatic heterocycles. The van der Waals surface area contributed by atoms with Gasteiger partial charge < -0.3 is 13.9 Å². The lowest BCUT2D eigenvalue weighted by molar-refractivity contribution is 0.152. The number of aromatic nitrogens is 3. The van der Waals surface area contributed by atoms with Crippen LogP contribution < -0.4 is 10.1 Å². The third-order valence-electron chi connectivity index (χ3n) is 4.35. The minimum absolute atomic E-state index is 0.0514. The topological polar surface area (TPSA) is 91.4 Å². The number of halogens is 1. The lowest BCUT2D eigenvalue weighted by atomic mass is 10.1. The highest BCUT2D eigenvalue weighted by molar-refractivity contribution is 6.30. The predicted octanol–water partition coefficient (Wildman–Crippen LogP) is 4.64. The summed E-state index contributed by atoms with van der Waals surface area (Å²) in [5.74, 6) is 0.614. The average molecular weight is 413 g/mol. The molecule has 148 valence electrons. The number of ether oxygens (including phenoxy) is 2. The second-order valence-electron chi connectivity index (χ2n) is 6.23. The van der Waals surface area contributed by atoms with Crippen molar-refractivity contribution in [1.82, 2.24) is 14.8 Å². The summed E-state index contributed by atoms with van der Waals surface area (Å²) in [7, 11) is 3.35. The summed E-state index contributed by atoms with van der Waals surface area (Å²) < 4.78 is 17.6. The van der Waals surface area contributed by atoms with Crippen molar-refractivity contribution < 1.29 is 18.7 Å². The molecule has 0 saturated carbocycles. The van der Waals surface area contributed by atoms with Gasteiger partial charge in [0.15, 0.2) is 12.0 Å². The highest BCUT2D eigenvalue weighted by Crippen LogP contribution is 2.32. The van der Waals surface area contributed by atoms with E-state index in [2.05, 4.69) is 15.4 Å². The minimum Gasteiger partial charge on any atom is -0.496 e. The van der Waals surface area contributed by atoms with E-state index in [1.54, 1.807) is 49.2 Å². The number of nitrogens with one attached hydrogen (secondary N) is 1. The van der Waals surface area contributed by atoms with Crippen molar-refractivity contribution in [2.45, 2.75) is 6.61 Å². The summed E-state index contributed by atoms with van der Waals surface area (Å²) in [6.45, 7) is 0.0514. The Bertz CT molecular complexity index is 1180. The Hall–Kier alpha value is -3.52. The van der Waals surface area contributed by atoms with E-state index >= 15 is 0 Å². The molecule has 0 atom stereocenters. The highest BCUT2D eigenvalue weighted by atomic mass is 35.5. The second kappa shape index (κ2) is 7.84. The summed E-state index contributed by atoms with van der Waals surface area (Å²) in [5, 5.41) is 7.71. The van der Waals surface area contributed by atoms with Crippen LogP contribution in [0.2, 0.25) is 5.02 Å². The van der Waals surface area contributed by atoms with E-state index in [1.165, 1.54) is 6.39 Å². The van der Waals surface area contributed by atoms with Gasteiger partial charge in [0, 0.05) is 29.4 Å². The first-order valence-corrected chi connectivity index (χ1v) is 9.05. The Morgan fingerprint density at radius 1 is 1.24 bits per heavy atom. The molecular formula is C20H17ClN4O4. The molecule has 29 heavy (non-hydrogen) atoms. The number of oxazole rings is 1. The number of carbonyl (C=O) groups excluding carboxylic acids is 1. The zero-order valence-corrected chi connectivity index (χ0v) is 16.4. The lowest BCUT2D eigenvalue weighted by Gasteiger charge is -2.07. The summed E-state index contributed by atoms with van der Waals surface area (Å²) in [6, 6.07) is 12.3. The summed E-state index contributed by atoms with van der Waals surface area (Å²) in [5.41, 5.74) is 4.05. The maximum atomic E-state index is 12.1. The number of carbonyl (C=O) groups is 1. The number of nitrogens with zero attached hydrogens (tertiary/aromatic N) is 3. The molecule has 0 unspecified atom stereocenters. The molecular weight excluding hydrogens is 396 g/mol. The average Bonchev–Trinajstić information content (AvgIpc) is 3.32. The number of aryl methyl sites for hydroxylation is 1. The molecule has 0 fully saturated rings. The predicted molar refractivity (Wildman–Crippen MR) is 108 cm³/mol. The molecule has 1 amide bonds. The summed E-state index contributed by atoms with van der Waals surface area (Å²) >= 11 is 6.02. The van der Waals surface area contributed by atoms with Crippen LogP contribution in [0.1, 0.15) is 5.69 Å². The van der Waals surface area contributed by atoms with Crippen LogP contribution in [0.4, 0.5) is 10.5 Å². The van der Waals surface area contributed by atoms with Crippen molar-refractivity contribution in [2.24, 2.45) is 7.05 Å². The fraction of sp³-hybridized carbons (Fsp3) is 0.150. The molecule has 2 aromatic carbocycles. The smallest absolute Gasteiger partial charge is 0.412 e. The Balaban J connectivity index is 1.44. The fourth-order valence-electron chi connectivity index (χ4n) is 2.88. The number of anilines is 1. The van der Waals surface area contributed by atoms with Crippen molar-refractivity contribution in [3.05, 3.63) is 59.6 Å². The van der Waals surface area contributed by atoms with Gasteiger partial charge in [-0.3, -0.25) is 10.00 Å². The molecule has 2 aromatic heterocycles. The van der Waals surface area contributed by atoms with Crippen LogP contribution in [-0.4, -0.2) is 28.0 Å². The third-order valence-corrected chi connectivity index (χ3v) is 4.58. The van der Waals surface area contributed by atoms with Crippen molar-refractivity contribution in [3.63, 3.8) is 0 Å². The van der Waals surface area contributed by atoms with Crippen LogP contribution >= 0.6 is 11.6 Å². The van der Waals surface area contributed by atoms with Crippen molar-refractivity contribution in [3.8, 4) is 17.0 Å². The lowest BCUT2D eigenvalue weighted by Crippen LogP contribution is -2.14. The van der Waals surface area contributed by atoms with Gasteiger partial charge in [0.05, 0.1) is 18.5 Å². The number of amides is 1. The van der Waals surface area contributed by atoms with Gasteiger partial charge in [-0.25, -0.2) is 9.78 Å². The van der Waals surface area contributed by atoms with Crippen molar-refractivity contribution >= 4 is 34.5 Å². The summed E-state index contributed by atoms with van der Waals surface area (Å²) in [6.07, 6.45) is 0.762. The van der Waals surface area contributed by atoms with Gasteiger partial charge in [0.25, 0.3) is 0 Å². The van der Waals surface area contributed by atoms with Gasteiger partial charge >= 0.3 is 6.09 Å². The first kappa shape index (κ1) is 18.8. The quantitative estimate of drug-likeness (QED) is 0.513. The van der Waals surface area contributed by atoms with Crippen LogP contribution in [0.3, 0.4) is 0 Å². The molecule has 9 heteroatoms. The fourth-order valence-corrected chi connectivity index (χ4v) is 3.04. The Morgan fingerprint density at radius 2 is 2.10 bits per heavy atom. The Labute approximate surface area is 171 Å². The van der Waals surface area contributed by atoms with Gasteiger partial charge in [-0.2, -0.15) is 5.10 Å². The van der Waals surface area contributed by atoms with Gasteiger partial charge in [0.2, 0.25) is 0 Å². The molecule has 2 heterocycles. The second-order valence-corrected chi connectivity index (χ2v) is 6.66. The highest BCUT2D eigenvalue weighted by Gasteiger charge is 2.14. The van der Waals surface area contributed by atoms with Gasteiger partial charge in [-0.05, 0) is 36.4 Å². The van der Waals surface area contributed by atoms with E-state index in [0.29, 0.717) is 33.3 Å². The molecule has 0 spiro atoms. The van der Waals surface area contributed by atoms with E-state index in [4.69, 9.17) is 25.5 Å². The standard InChI is InChI=1S/C20H17ClN4O4/c1-25-14(9-17(24-25)15-5-3-12(21)7-18(15)27-2)10-28-20(26)23-13-4-6-16-19(8-13)29-11-22-16/h3-9,11H,10H2,1-2H3,(H,23,26). The van der Waals surface area contributed by atoms with Crippen LogP contribution in [-0.2, 0) is 18.4 Å². The van der Waals surface area contributed by atoms with E-state index in [1.807, 2.05) is 12.1 Å². The molecule has 8 nitrogen and oxygen atoms in total. The summed E-state index contributed by atoms with van der Waals surface area (Å²) in [4.78, 5) is 16.2. The molecule has 0 aliphatic rings. The molecule has 4 aromatic rings. The normalized spacial score (nSPS) is 10.9.